The number of rotatable bonds is 6. The van der Waals surface area contributed by atoms with Gasteiger partial charge in [-0.15, -0.1) is 20.4 Å². The quantitative estimate of drug-likeness (QED) is 0.360. The van der Waals surface area contributed by atoms with Gasteiger partial charge in [-0.1, -0.05) is 0 Å². The Morgan fingerprint density at radius 2 is 1.68 bits per heavy atom. The van der Waals surface area contributed by atoms with Gasteiger partial charge in [0.15, 0.2) is 10.3 Å². The van der Waals surface area contributed by atoms with E-state index >= 15 is 0 Å². The Balaban J connectivity index is 2.14. The number of carbonyl (C=O) groups is 1. The first-order valence-electron chi connectivity index (χ1n) is 6.81. The van der Waals surface area contributed by atoms with Gasteiger partial charge in [-0.25, -0.2) is 0 Å². The van der Waals surface area contributed by atoms with Crippen LogP contribution >= 0.6 is 23.5 Å². The van der Waals surface area contributed by atoms with Crippen molar-refractivity contribution in [1.82, 2.24) is 29.5 Å². The first-order valence-corrected chi connectivity index (χ1v) is 8.44. The minimum atomic E-state index is -0.521. The van der Waals surface area contributed by atoms with E-state index in [4.69, 9.17) is 0 Å². The number of hydrogen-bond donors (Lipinski definition) is 0. The predicted molar refractivity (Wildman–Crippen MR) is 88.7 cm³/mol. The molecule has 3 rings (SSSR count). The zero-order chi connectivity index (χ0) is 18.0. The van der Waals surface area contributed by atoms with Crippen molar-refractivity contribution < 1.29 is 9.72 Å². The van der Waals surface area contributed by atoms with Crippen molar-refractivity contribution in [3.63, 3.8) is 0 Å². The number of aromatic nitrogens is 6. The lowest BCUT2D eigenvalue weighted by molar-refractivity contribution is -0.388. The van der Waals surface area contributed by atoms with Crippen LogP contribution in [-0.2, 0) is 14.1 Å². The molecule has 0 saturated carbocycles. The molecule has 1 aromatic carbocycles. The molecule has 0 aliphatic carbocycles. The number of aldehydes is 1. The molecule has 0 amide bonds. The molecule has 2 heterocycles. The van der Waals surface area contributed by atoms with Gasteiger partial charge in [0, 0.05) is 30.6 Å². The second-order valence-corrected chi connectivity index (χ2v) is 6.88. The summed E-state index contributed by atoms with van der Waals surface area (Å²) in [4.78, 5) is 23.1. The Bertz CT molecular complexity index is 953. The van der Waals surface area contributed by atoms with Crippen LogP contribution in [0.2, 0.25) is 0 Å². The van der Waals surface area contributed by atoms with Gasteiger partial charge in [0.1, 0.15) is 23.8 Å². The summed E-state index contributed by atoms with van der Waals surface area (Å²) >= 11 is 2.29. The number of nitro benzene ring substituents is 1. The highest BCUT2D eigenvalue weighted by molar-refractivity contribution is 8.02. The van der Waals surface area contributed by atoms with E-state index in [1.165, 1.54) is 30.5 Å². The molecule has 0 unspecified atom stereocenters. The van der Waals surface area contributed by atoms with Crippen LogP contribution in [-0.4, -0.2) is 40.7 Å². The van der Waals surface area contributed by atoms with Crippen LogP contribution in [0.15, 0.2) is 44.9 Å². The van der Waals surface area contributed by atoms with Crippen LogP contribution in [0.25, 0.3) is 0 Å². The van der Waals surface area contributed by atoms with Crippen molar-refractivity contribution in [3.8, 4) is 0 Å². The van der Waals surface area contributed by atoms with E-state index in [0.717, 1.165) is 11.8 Å². The molecule has 3 aromatic rings. The first-order chi connectivity index (χ1) is 12.0. The van der Waals surface area contributed by atoms with Crippen molar-refractivity contribution in [1.29, 1.82) is 0 Å². The van der Waals surface area contributed by atoms with Gasteiger partial charge in [0.2, 0.25) is 0 Å². The molecule has 0 spiro atoms. The molecule has 0 N–H and O–H groups in total. The smallest absolute Gasteiger partial charge is 0.285 e. The van der Waals surface area contributed by atoms with Gasteiger partial charge in [-0.05, 0) is 29.6 Å². The summed E-state index contributed by atoms with van der Waals surface area (Å²) in [5, 5.41) is 28.0. The van der Waals surface area contributed by atoms with Gasteiger partial charge < -0.3 is 9.13 Å². The van der Waals surface area contributed by atoms with Gasteiger partial charge in [-0.3, -0.25) is 14.9 Å². The van der Waals surface area contributed by atoms with Crippen LogP contribution in [0.3, 0.4) is 0 Å². The van der Waals surface area contributed by atoms with Gasteiger partial charge in [0.05, 0.1) is 4.92 Å². The number of nitrogens with zero attached hydrogens (tertiary/aromatic N) is 7. The third-order valence-corrected chi connectivity index (χ3v) is 5.53. The third kappa shape index (κ3) is 3.53. The Morgan fingerprint density at radius 1 is 1.08 bits per heavy atom. The van der Waals surface area contributed by atoms with Crippen molar-refractivity contribution in [2.75, 3.05) is 0 Å². The number of benzene rings is 1. The minimum Gasteiger partial charge on any atom is -0.311 e. The van der Waals surface area contributed by atoms with E-state index in [1.807, 2.05) is 0 Å². The number of nitro groups is 1. The molecule has 0 aliphatic rings. The van der Waals surface area contributed by atoms with Crippen molar-refractivity contribution in [2.45, 2.75) is 20.1 Å². The zero-order valence-corrected chi connectivity index (χ0v) is 14.7. The van der Waals surface area contributed by atoms with Gasteiger partial charge >= 0.3 is 0 Å². The second kappa shape index (κ2) is 7.03. The predicted octanol–water partition coefficient (Wildman–Crippen LogP) is 1.97. The highest BCUT2D eigenvalue weighted by Gasteiger charge is 2.24. The lowest BCUT2D eigenvalue weighted by atomic mass is 10.2. The highest BCUT2D eigenvalue weighted by atomic mass is 32.2. The maximum atomic E-state index is 11.5. The van der Waals surface area contributed by atoms with Gasteiger partial charge in [-0.2, -0.15) is 0 Å². The Kier molecular flexibility index (Phi) is 4.81. The minimum absolute atomic E-state index is 0.178. The zero-order valence-electron chi connectivity index (χ0n) is 13.1. The SMILES string of the molecule is Cn1cnnc1Sc1cc(C=O)cc([N+](=O)[O-])c1Sc1nncn1C. The summed E-state index contributed by atoms with van der Waals surface area (Å²) in [6.45, 7) is 0. The molecule has 0 fully saturated rings. The fraction of sp³-hybridized carbons (Fsp3) is 0.154. The molecule has 0 saturated heterocycles. The number of carbonyl (C=O) groups excluding carboxylic acids is 1. The normalized spacial score (nSPS) is 10.8. The maximum Gasteiger partial charge on any atom is 0.285 e. The van der Waals surface area contributed by atoms with E-state index in [0.29, 0.717) is 26.4 Å². The summed E-state index contributed by atoms with van der Waals surface area (Å²) in [5.41, 5.74) is 0.0287. The van der Waals surface area contributed by atoms with Crippen LogP contribution in [0.5, 0.6) is 0 Å². The average Bonchev–Trinajstić information content (AvgIpc) is 3.17. The maximum absolute atomic E-state index is 11.5. The Hall–Kier alpha value is -2.73. The first kappa shape index (κ1) is 17.1. The lowest BCUT2D eigenvalue weighted by Crippen LogP contribution is -1.98. The topological polar surface area (TPSA) is 122 Å². The second-order valence-electron chi connectivity index (χ2n) is 4.90. The van der Waals surface area contributed by atoms with Crippen molar-refractivity contribution >= 4 is 35.5 Å². The molecule has 128 valence electrons. The lowest BCUT2D eigenvalue weighted by Gasteiger charge is -2.09. The summed E-state index contributed by atoms with van der Waals surface area (Å²) in [6.07, 6.45) is 3.60. The molecular formula is C13H11N7O3S2. The third-order valence-electron chi connectivity index (χ3n) is 3.12. The molecule has 2 aromatic heterocycles. The van der Waals surface area contributed by atoms with Crippen LogP contribution < -0.4 is 0 Å². The summed E-state index contributed by atoms with van der Waals surface area (Å²) in [5.74, 6) is 0. The molecule has 0 radical (unpaired) electrons. The van der Waals surface area contributed by atoms with E-state index in [1.54, 1.807) is 29.3 Å². The fourth-order valence-corrected chi connectivity index (χ4v) is 3.89. The summed E-state index contributed by atoms with van der Waals surface area (Å²) in [7, 11) is 3.50. The molecule has 25 heavy (non-hydrogen) atoms. The number of aryl methyl sites for hydroxylation is 2. The van der Waals surface area contributed by atoms with Crippen molar-refractivity contribution in [2.24, 2.45) is 14.1 Å². The van der Waals surface area contributed by atoms with E-state index in [9.17, 15) is 14.9 Å². The van der Waals surface area contributed by atoms with E-state index in [-0.39, 0.29) is 11.3 Å². The Morgan fingerprint density at radius 3 is 2.16 bits per heavy atom. The number of hydrogen-bond acceptors (Lipinski definition) is 9. The standard InChI is InChI=1S/C13H11N7O3S2/c1-18-6-14-16-12(18)24-10-4-8(5-21)3-9(20(22)23)11(10)25-13-17-15-7-19(13)2/h3-7H,1-2H3. The van der Waals surface area contributed by atoms with E-state index in [2.05, 4.69) is 20.4 Å². The van der Waals surface area contributed by atoms with Crippen LogP contribution in [0, 0.1) is 10.1 Å². The van der Waals surface area contributed by atoms with E-state index < -0.39 is 4.92 Å². The monoisotopic (exact) mass is 377 g/mol. The van der Waals surface area contributed by atoms with Gasteiger partial charge in [0.25, 0.3) is 5.69 Å². The molecule has 12 heteroatoms. The van der Waals surface area contributed by atoms with Crippen LogP contribution in [0.4, 0.5) is 5.69 Å². The fourth-order valence-electron chi connectivity index (χ4n) is 1.91. The molecule has 0 atom stereocenters. The Labute approximate surface area is 149 Å². The molecular weight excluding hydrogens is 366 g/mol. The summed E-state index contributed by atoms with van der Waals surface area (Å²) in [6, 6.07) is 2.82. The average molecular weight is 377 g/mol. The van der Waals surface area contributed by atoms with Crippen molar-refractivity contribution in [3.05, 3.63) is 40.5 Å². The summed E-state index contributed by atoms with van der Waals surface area (Å²) < 4.78 is 3.33. The molecule has 0 aliphatic heterocycles. The largest absolute Gasteiger partial charge is 0.311 e. The van der Waals surface area contributed by atoms with Crippen LogP contribution in [0.1, 0.15) is 10.4 Å². The highest BCUT2D eigenvalue weighted by Crippen LogP contribution is 2.43. The molecule has 10 nitrogen and oxygen atoms in total. The molecule has 0 bridgehead atoms.